The number of epoxide rings is 1. The lowest BCUT2D eigenvalue weighted by Crippen LogP contribution is -2.12. The molecule has 2 aromatic rings. The van der Waals surface area contributed by atoms with Crippen molar-refractivity contribution in [3.63, 3.8) is 0 Å². The van der Waals surface area contributed by atoms with Crippen LogP contribution in [0.1, 0.15) is 40.9 Å². The summed E-state index contributed by atoms with van der Waals surface area (Å²) in [6.07, 6.45) is 3.91. The number of hydrogen-bond donors (Lipinski definition) is 0. The van der Waals surface area contributed by atoms with E-state index in [2.05, 4.69) is 73.6 Å². The highest BCUT2D eigenvalue weighted by Gasteiger charge is 2.46. The molecule has 0 bridgehead atoms. The zero-order chi connectivity index (χ0) is 15.1. The van der Waals surface area contributed by atoms with Gasteiger partial charge in [-0.25, -0.2) is 0 Å². The lowest BCUT2D eigenvalue weighted by atomic mass is 9.93. The van der Waals surface area contributed by atoms with Crippen molar-refractivity contribution in [2.24, 2.45) is 0 Å². The summed E-state index contributed by atoms with van der Waals surface area (Å²) in [7, 11) is 4.24. The molecule has 1 saturated heterocycles. The van der Waals surface area contributed by atoms with E-state index in [4.69, 9.17) is 4.74 Å². The van der Waals surface area contributed by atoms with Crippen molar-refractivity contribution in [3.8, 4) is 0 Å². The van der Waals surface area contributed by atoms with Crippen LogP contribution in [0, 0.1) is 0 Å². The SMILES string of the molecule is CN(C)CCC=C1c2ccccc2C2OC2c2ccccc21. The van der Waals surface area contributed by atoms with Crippen LogP contribution in [0.2, 0.25) is 0 Å². The van der Waals surface area contributed by atoms with Crippen LogP contribution in [0.25, 0.3) is 5.57 Å². The Morgan fingerprint density at radius 2 is 1.45 bits per heavy atom. The minimum Gasteiger partial charge on any atom is -0.359 e. The van der Waals surface area contributed by atoms with Crippen LogP contribution in [0.15, 0.2) is 54.6 Å². The molecular weight excluding hydrogens is 270 g/mol. The molecule has 1 aliphatic heterocycles. The molecule has 2 heteroatoms. The predicted octanol–water partition coefficient (Wildman–Crippen LogP) is 4.20. The van der Waals surface area contributed by atoms with Crippen molar-refractivity contribution in [1.82, 2.24) is 4.90 Å². The molecule has 1 heterocycles. The largest absolute Gasteiger partial charge is 0.359 e. The van der Waals surface area contributed by atoms with Crippen LogP contribution in [0.5, 0.6) is 0 Å². The van der Waals surface area contributed by atoms with Crippen molar-refractivity contribution in [3.05, 3.63) is 76.9 Å². The van der Waals surface area contributed by atoms with Crippen LogP contribution < -0.4 is 0 Å². The Morgan fingerprint density at radius 3 is 2.00 bits per heavy atom. The average molecular weight is 291 g/mol. The highest BCUT2D eigenvalue weighted by molar-refractivity contribution is 5.85. The molecule has 1 fully saturated rings. The molecule has 22 heavy (non-hydrogen) atoms. The number of hydrogen-bond acceptors (Lipinski definition) is 2. The Kier molecular flexibility index (Phi) is 3.36. The maximum absolute atomic E-state index is 5.97. The monoisotopic (exact) mass is 291 g/mol. The van der Waals surface area contributed by atoms with Crippen LogP contribution in [0.3, 0.4) is 0 Å². The molecule has 0 radical (unpaired) electrons. The van der Waals surface area contributed by atoms with E-state index in [9.17, 15) is 0 Å². The highest BCUT2D eigenvalue weighted by Crippen LogP contribution is 2.57. The van der Waals surface area contributed by atoms with Gasteiger partial charge >= 0.3 is 0 Å². The van der Waals surface area contributed by atoms with Gasteiger partial charge in [-0.1, -0.05) is 54.6 Å². The standard InChI is InChI=1S/C20H21NO/c1-21(2)13-7-12-14-15-8-3-5-10-17(15)19-20(22-19)18-11-6-4-9-16(14)18/h3-6,8-12,19-20H,7,13H2,1-2H3. The molecule has 112 valence electrons. The molecule has 2 unspecified atom stereocenters. The third kappa shape index (κ3) is 2.29. The van der Waals surface area contributed by atoms with Crippen molar-refractivity contribution in [2.75, 3.05) is 20.6 Å². The van der Waals surface area contributed by atoms with Crippen molar-refractivity contribution in [2.45, 2.75) is 18.6 Å². The van der Waals surface area contributed by atoms with Gasteiger partial charge < -0.3 is 9.64 Å². The molecule has 2 atom stereocenters. The summed E-state index contributed by atoms with van der Waals surface area (Å²) >= 11 is 0. The fourth-order valence-electron chi connectivity index (χ4n) is 3.40. The van der Waals surface area contributed by atoms with Crippen molar-refractivity contribution >= 4 is 5.57 Å². The summed E-state index contributed by atoms with van der Waals surface area (Å²) in [6.45, 7) is 1.07. The minimum absolute atomic E-state index is 0.233. The quantitative estimate of drug-likeness (QED) is 0.788. The number of nitrogens with zero attached hydrogens (tertiary/aromatic N) is 1. The first kappa shape index (κ1) is 13.7. The minimum atomic E-state index is 0.233. The second-order valence-electron chi connectivity index (χ2n) is 6.36. The molecule has 1 aliphatic carbocycles. The molecule has 0 amide bonds. The second-order valence-corrected chi connectivity index (χ2v) is 6.36. The van der Waals surface area contributed by atoms with Crippen LogP contribution in [-0.4, -0.2) is 25.5 Å². The normalized spacial score (nSPS) is 21.7. The van der Waals surface area contributed by atoms with Gasteiger partial charge in [0.1, 0.15) is 12.2 Å². The van der Waals surface area contributed by atoms with Crippen molar-refractivity contribution in [1.29, 1.82) is 0 Å². The average Bonchev–Trinajstić information content (AvgIpc) is 3.32. The van der Waals surface area contributed by atoms with E-state index in [1.807, 2.05) is 0 Å². The van der Waals surface area contributed by atoms with Gasteiger partial charge in [0.25, 0.3) is 0 Å². The summed E-state index contributed by atoms with van der Waals surface area (Å²) < 4.78 is 5.97. The highest BCUT2D eigenvalue weighted by atomic mass is 16.6. The number of fused-ring (bicyclic) bond motifs is 5. The molecule has 2 aromatic carbocycles. The smallest absolute Gasteiger partial charge is 0.114 e. The molecule has 0 spiro atoms. The lowest BCUT2D eigenvalue weighted by molar-refractivity contribution is 0.376. The molecule has 0 N–H and O–H groups in total. The van der Waals surface area contributed by atoms with Crippen LogP contribution in [-0.2, 0) is 4.74 Å². The fourth-order valence-corrected chi connectivity index (χ4v) is 3.40. The van der Waals surface area contributed by atoms with Gasteiger partial charge in [-0.3, -0.25) is 0 Å². The summed E-state index contributed by atoms with van der Waals surface area (Å²) in [5, 5.41) is 0. The van der Waals surface area contributed by atoms with E-state index in [1.165, 1.54) is 27.8 Å². The molecule has 0 saturated carbocycles. The van der Waals surface area contributed by atoms with Gasteiger partial charge in [0.15, 0.2) is 0 Å². The van der Waals surface area contributed by atoms with Gasteiger partial charge in [0, 0.05) is 6.54 Å². The first-order chi connectivity index (χ1) is 10.8. The van der Waals surface area contributed by atoms with E-state index >= 15 is 0 Å². The zero-order valence-electron chi connectivity index (χ0n) is 13.1. The molecule has 0 aromatic heterocycles. The molecule has 2 nitrogen and oxygen atoms in total. The molecule has 2 aliphatic rings. The third-order valence-electron chi connectivity index (χ3n) is 4.53. The van der Waals surface area contributed by atoms with E-state index in [1.54, 1.807) is 0 Å². The third-order valence-corrected chi connectivity index (χ3v) is 4.53. The summed E-state index contributed by atoms with van der Waals surface area (Å²) in [6, 6.07) is 17.4. The number of ether oxygens (including phenoxy) is 1. The molecule has 4 rings (SSSR count). The fraction of sp³-hybridized carbons (Fsp3) is 0.300. The van der Waals surface area contributed by atoms with Gasteiger partial charge in [0.05, 0.1) is 0 Å². The number of rotatable bonds is 3. The Hall–Kier alpha value is -1.90. The van der Waals surface area contributed by atoms with Gasteiger partial charge in [-0.05, 0) is 48.3 Å². The topological polar surface area (TPSA) is 15.8 Å². The zero-order valence-corrected chi connectivity index (χ0v) is 13.1. The number of benzene rings is 2. The predicted molar refractivity (Wildman–Crippen MR) is 89.7 cm³/mol. The van der Waals surface area contributed by atoms with Crippen LogP contribution in [0.4, 0.5) is 0 Å². The van der Waals surface area contributed by atoms with Gasteiger partial charge in [-0.15, -0.1) is 0 Å². The van der Waals surface area contributed by atoms with E-state index in [0.29, 0.717) is 0 Å². The van der Waals surface area contributed by atoms with E-state index < -0.39 is 0 Å². The lowest BCUT2D eigenvalue weighted by Gasteiger charge is -2.14. The Morgan fingerprint density at radius 1 is 0.909 bits per heavy atom. The first-order valence-corrected chi connectivity index (χ1v) is 7.94. The Labute approximate surface area is 132 Å². The van der Waals surface area contributed by atoms with Gasteiger partial charge in [0.2, 0.25) is 0 Å². The second kappa shape index (κ2) is 5.38. The maximum atomic E-state index is 5.97. The Balaban J connectivity index is 1.84. The van der Waals surface area contributed by atoms with Crippen molar-refractivity contribution < 1.29 is 4.74 Å². The van der Waals surface area contributed by atoms with Crippen LogP contribution >= 0.6 is 0 Å². The van der Waals surface area contributed by atoms with E-state index in [0.717, 1.165) is 13.0 Å². The Bertz CT molecular complexity index is 678. The summed E-state index contributed by atoms with van der Waals surface area (Å²) in [5.74, 6) is 0. The maximum Gasteiger partial charge on any atom is 0.114 e. The molecular formula is C20H21NO. The first-order valence-electron chi connectivity index (χ1n) is 7.94. The van der Waals surface area contributed by atoms with E-state index in [-0.39, 0.29) is 12.2 Å². The van der Waals surface area contributed by atoms with Gasteiger partial charge in [-0.2, -0.15) is 0 Å². The summed E-state index contributed by atoms with van der Waals surface area (Å²) in [4.78, 5) is 2.23. The summed E-state index contributed by atoms with van der Waals surface area (Å²) in [5.41, 5.74) is 6.70.